The first kappa shape index (κ1) is 19.6. The molecule has 0 saturated carbocycles. The Morgan fingerprint density at radius 1 is 1.10 bits per heavy atom. The molecule has 0 aromatic rings. The van der Waals surface area contributed by atoms with E-state index in [2.05, 4.69) is 17.7 Å². The molecule has 0 heterocycles. The first-order valence-electron chi connectivity index (χ1n) is 7.35. The molecule has 0 amide bonds. The van der Waals surface area contributed by atoms with Gasteiger partial charge in [-0.2, -0.15) is 8.42 Å². The summed E-state index contributed by atoms with van der Waals surface area (Å²) in [6, 6.07) is 0. The summed E-state index contributed by atoms with van der Waals surface area (Å²) in [6.45, 7) is 5.84. The van der Waals surface area contributed by atoms with Crippen molar-refractivity contribution < 1.29 is 21.9 Å². The molecule has 0 fully saturated rings. The molecule has 5 nitrogen and oxygen atoms in total. The number of unbranched alkanes of at least 4 members (excludes halogenated alkanes) is 6. The van der Waals surface area contributed by atoms with Crippen molar-refractivity contribution >= 4 is 10.4 Å². The Morgan fingerprint density at radius 3 is 2.25 bits per heavy atom. The fraction of sp³-hybridized carbons (Fsp3) is 0.857. The summed E-state index contributed by atoms with van der Waals surface area (Å²) in [7, 11) is -4.37. The topological polar surface area (TPSA) is 72.8 Å². The lowest BCUT2D eigenvalue weighted by molar-refractivity contribution is 0.0534. The van der Waals surface area contributed by atoms with Gasteiger partial charge < -0.3 is 4.74 Å². The van der Waals surface area contributed by atoms with Gasteiger partial charge in [0.2, 0.25) is 0 Å². The second-order valence-corrected chi connectivity index (χ2v) is 5.90. The predicted octanol–water partition coefficient (Wildman–Crippen LogP) is 3.52. The van der Waals surface area contributed by atoms with Crippen molar-refractivity contribution in [3.63, 3.8) is 0 Å². The second kappa shape index (κ2) is 12.3. The summed E-state index contributed by atoms with van der Waals surface area (Å²) < 4.78 is 38.6. The van der Waals surface area contributed by atoms with Crippen molar-refractivity contribution in [2.24, 2.45) is 0 Å². The van der Waals surface area contributed by atoms with Gasteiger partial charge in [-0.05, 0) is 6.42 Å². The Labute approximate surface area is 123 Å². The Hall–Kier alpha value is -0.430. The molecule has 0 aliphatic carbocycles. The van der Waals surface area contributed by atoms with Crippen molar-refractivity contribution in [3.8, 4) is 0 Å². The van der Waals surface area contributed by atoms with Crippen LogP contribution in [0.25, 0.3) is 0 Å². The van der Waals surface area contributed by atoms with Gasteiger partial charge >= 0.3 is 10.4 Å². The second-order valence-electron chi connectivity index (χ2n) is 4.80. The lowest BCUT2D eigenvalue weighted by Gasteiger charge is -2.13. The molecule has 0 aliphatic heterocycles. The molecule has 0 rings (SSSR count). The van der Waals surface area contributed by atoms with Crippen LogP contribution in [0.2, 0.25) is 0 Å². The maximum atomic E-state index is 10.3. The van der Waals surface area contributed by atoms with E-state index in [-0.39, 0.29) is 19.3 Å². The molecule has 0 saturated heterocycles. The van der Waals surface area contributed by atoms with Crippen LogP contribution in [0.4, 0.5) is 0 Å². The van der Waals surface area contributed by atoms with Crippen molar-refractivity contribution in [1.29, 1.82) is 0 Å². The summed E-state index contributed by atoms with van der Waals surface area (Å²) in [5.41, 5.74) is 0. The van der Waals surface area contributed by atoms with Gasteiger partial charge in [-0.1, -0.05) is 57.9 Å². The smallest absolute Gasteiger partial charge is 0.372 e. The van der Waals surface area contributed by atoms with Crippen LogP contribution in [0.1, 0.15) is 58.3 Å². The molecule has 0 bridgehead atoms. The zero-order valence-corrected chi connectivity index (χ0v) is 13.2. The van der Waals surface area contributed by atoms with Crippen LogP contribution >= 0.6 is 0 Å². The molecule has 0 radical (unpaired) electrons. The molecule has 120 valence electrons. The summed E-state index contributed by atoms with van der Waals surface area (Å²) in [6.07, 6.45) is 11.2. The first-order valence-corrected chi connectivity index (χ1v) is 8.72. The van der Waals surface area contributed by atoms with Crippen molar-refractivity contribution in [2.45, 2.75) is 64.4 Å². The molecule has 1 atom stereocenters. The number of hydrogen-bond acceptors (Lipinski definition) is 4. The monoisotopic (exact) mass is 308 g/mol. The SMILES string of the molecule is C=CC(CCCCCCCCC)OCCOS(=O)(=O)O. The van der Waals surface area contributed by atoms with Crippen LogP contribution in [0.3, 0.4) is 0 Å². The third-order valence-corrected chi connectivity index (χ3v) is 3.47. The van der Waals surface area contributed by atoms with E-state index in [1.54, 1.807) is 6.08 Å². The minimum Gasteiger partial charge on any atom is -0.372 e. The summed E-state index contributed by atoms with van der Waals surface area (Å²) in [5, 5.41) is 0. The molecule has 6 heteroatoms. The molecule has 0 aromatic carbocycles. The molecule has 20 heavy (non-hydrogen) atoms. The van der Waals surface area contributed by atoms with Gasteiger partial charge in [0.1, 0.15) is 0 Å². The lowest BCUT2D eigenvalue weighted by atomic mass is 10.1. The van der Waals surface area contributed by atoms with Crippen LogP contribution in [0.5, 0.6) is 0 Å². The Morgan fingerprint density at radius 2 is 1.70 bits per heavy atom. The van der Waals surface area contributed by atoms with Gasteiger partial charge in [0.25, 0.3) is 0 Å². The van der Waals surface area contributed by atoms with E-state index in [4.69, 9.17) is 9.29 Å². The number of rotatable bonds is 14. The zero-order valence-electron chi connectivity index (χ0n) is 12.4. The predicted molar refractivity (Wildman–Crippen MR) is 80.0 cm³/mol. The van der Waals surface area contributed by atoms with Crippen LogP contribution in [-0.2, 0) is 19.3 Å². The quantitative estimate of drug-likeness (QED) is 0.302. The normalized spacial score (nSPS) is 13.3. The molecular weight excluding hydrogens is 280 g/mol. The van der Waals surface area contributed by atoms with Gasteiger partial charge in [0.15, 0.2) is 0 Å². The average molecular weight is 308 g/mol. The van der Waals surface area contributed by atoms with E-state index in [1.807, 2.05) is 0 Å². The standard InChI is InChI=1S/C14H28O5S/c1-3-5-6-7-8-9-10-11-14(4-2)18-12-13-19-20(15,16)17/h4,14H,2-3,5-13H2,1H3,(H,15,16,17). The minimum absolute atomic E-state index is 0.0874. The van der Waals surface area contributed by atoms with E-state index >= 15 is 0 Å². The molecular formula is C14H28O5S. The lowest BCUT2D eigenvalue weighted by Crippen LogP contribution is -2.16. The third kappa shape index (κ3) is 14.0. The van der Waals surface area contributed by atoms with Gasteiger partial charge in [-0.25, -0.2) is 4.18 Å². The number of hydrogen-bond donors (Lipinski definition) is 1. The zero-order chi connectivity index (χ0) is 15.3. The third-order valence-electron chi connectivity index (χ3n) is 3.00. The fourth-order valence-corrected chi connectivity index (χ4v) is 2.19. The highest BCUT2D eigenvalue weighted by Gasteiger charge is 2.07. The summed E-state index contributed by atoms with van der Waals surface area (Å²) in [4.78, 5) is 0. The van der Waals surface area contributed by atoms with Gasteiger partial charge in [0, 0.05) is 0 Å². The van der Waals surface area contributed by atoms with Crippen LogP contribution < -0.4 is 0 Å². The van der Waals surface area contributed by atoms with E-state index in [0.29, 0.717) is 0 Å². The maximum Gasteiger partial charge on any atom is 0.397 e. The molecule has 0 aromatic heterocycles. The van der Waals surface area contributed by atoms with E-state index in [0.717, 1.165) is 12.8 Å². The number of ether oxygens (including phenoxy) is 1. The average Bonchev–Trinajstić information content (AvgIpc) is 2.39. The van der Waals surface area contributed by atoms with Crippen LogP contribution in [0, 0.1) is 0 Å². The van der Waals surface area contributed by atoms with E-state index in [1.165, 1.54) is 38.5 Å². The highest BCUT2D eigenvalue weighted by atomic mass is 32.3. The highest BCUT2D eigenvalue weighted by Crippen LogP contribution is 2.11. The molecule has 0 spiro atoms. The summed E-state index contributed by atoms with van der Waals surface area (Å²) >= 11 is 0. The van der Waals surface area contributed by atoms with Crippen molar-refractivity contribution in [2.75, 3.05) is 13.2 Å². The van der Waals surface area contributed by atoms with Crippen molar-refractivity contribution in [3.05, 3.63) is 12.7 Å². The Kier molecular flexibility index (Phi) is 12.1. The minimum atomic E-state index is -4.37. The highest BCUT2D eigenvalue weighted by molar-refractivity contribution is 7.80. The Bertz CT molecular complexity index is 326. The van der Waals surface area contributed by atoms with E-state index < -0.39 is 10.4 Å². The molecule has 1 N–H and O–H groups in total. The fourth-order valence-electron chi connectivity index (χ4n) is 1.91. The summed E-state index contributed by atoms with van der Waals surface area (Å²) in [5.74, 6) is 0. The molecule has 0 aliphatic rings. The van der Waals surface area contributed by atoms with E-state index in [9.17, 15) is 8.42 Å². The first-order chi connectivity index (χ1) is 9.49. The molecule has 1 unspecified atom stereocenters. The van der Waals surface area contributed by atoms with Gasteiger partial charge in [-0.3, -0.25) is 4.55 Å². The van der Waals surface area contributed by atoms with Crippen molar-refractivity contribution in [1.82, 2.24) is 0 Å². The van der Waals surface area contributed by atoms with Crippen LogP contribution in [0.15, 0.2) is 12.7 Å². The van der Waals surface area contributed by atoms with Gasteiger partial charge in [0.05, 0.1) is 19.3 Å². The van der Waals surface area contributed by atoms with Crippen LogP contribution in [-0.4, -0.2) is 32.3 Å². The van der Waals surface area contributed by atoms with Gasteiger partial charge in [-0.15, -0.1) is 6.58 Å². The maximum absolute atomic E-state index is 10.3. The Balaban J connectivity index is 3.50. The largest absolute Gasteiger partial charge is 0.397 e.